The van der Waals surface area contributed by atoms with Crippen molar-refractivity contribution in [2.24, 2.45) is 0 Å². The third kappa shape index (κ3) is 4.09. The lowest BCUT2D eigenvalue weighted by atomic mass is 10.1. The molecule has 2 N–H and O–H groups in total. The van der Waals surface area contributed by atoms with Gasteiger partial charge in [-0.15, -0.1) is 0 Å². The highest BCUT2D eigenvalue weighted by Gasteiger charge is 2.20. The van der Waals surface area contributed by atoms with Crippen LogP contribution in [0.15, 0.2) is 29.7 Å². The number of aromatic hydroxyl groups is 1. The van der Waals surface area contributed by atoms with Crippen molar-refractivity contribution in [3.8, 4) is 5.75 Å². The van der Waals surface area contributed by atoms with Crippen LogP contribution in [0.3, 0.4) is 0 Å². The number of nitrogens with one attached hydrogen (secondary N) is 1. The minimum atomic E-state index is -0.780. The maximum atomic E-state index is 12.0. The zero-order valence-corrected chi connectivity index (χ0v) is 13.8. The second kappa shape index (κ2) is 7.44. The minimum absolute atomic E-state index is 0.115. The Morgan fingerprint density at radius 3 is 2.26 bits per heavy atom. The Labute approximate surface area is 134 Å². The molecule has 0 aliphatic carbocycles. The quantitative estimate of drug-likeness (QED) is 0.357. The molecular weight excluding hydrogens is 300 g/mol. The molecule has 0 aliphatic heterocycles. The van der Waals surface area contributed by atoms with Crippen molar-refractivity contribution in [3.63, 3.8) is 0 Å². The number of rotatable bonds is 6. The monoisotopic (exact) mass is 320 g/mol. The number of carbonyl (C=O) groups excluding carboxylic acids is 3. The first-order valence-electron chi connectivity index (χ1n) is 6.81. The third-order valence-corrected chi connectivity index (χ3v) is 3.07. The Balaban J connectivity index is 3.24. The number of nitrogens with zero attached hydrogens (tertiary/aromatic N) is 1. The van der Waals surface area contributed by atoms with E-state index in [1.54, 1.807) is 20.2 Å². The zero-order valence-electron chi connectivity index (χ0n) is 13.8. The van der Waals surface area contributed by atoms with Crippen LogP contribution < -0.4 is 5.32 Å². The van der Waals surface area contributed by atoms with Gasteiger partial charge in [0.1, 0.15) is 0 Å². The van der Waals surface area contributed by atoms with Gasteiger partial charge in [0, 0.05) is 21.0 Å². The summed E-state index contributed by atoms with van der Waals surface area (Å²) in [6, 6.07) is 4.61. The molecule has 1 amide bonds. The van der Waals surface area contributed by atoms with E-state index in [1.165, 1.54) is 31.1 Å². The van der Waals surface area contributed by atoms with Crippen molar-refractivity contribution in [2.45, 2.75) is 13.8 Å². The van der Waals surface area contributed by atoms with Crippen LogP contribution in [-0.2, 0) is 14.3 Å². The highest BCUT2D eigenvalue weighted by Crippen LogP contribution is 2.29. The number of hydrogen-bond acceptors (Lipinski definition) is 6. The number of methoxy groups -OCH3 is 1. The van der Waals surface area contributed by atoms with Crippen molar-refractivity contribution >= 4 is 23.2 Å². The molecule has 0 radical (unpaired) electrons. The smallest absolute Gasteiger partial charge is 0.264 e. The predicted molar refractivity (Wildman–Crippen MR) is 85.1 cm³/mol. The maximum absolute atomic E-state index is 12.0. The van der Waals surface area contributed by atoms with E-state index >= 15 is 0 Å². The summed E-state index contributed by atoms with van der Waals surface area (Å²) >= 11 is 0. The molecular formula is C16H20N2O5. The first-order chi connectivity index (χ1) is 10.7. The van der Waals surface area contributed by atoms with Gasteiger partial charge in [-0.2, -0.15) is 0 Å². The molecule has 7 heteroatoms. The average molecular weight is 320 g/mol. The first kappa shape index (κ1) is 18.2. The second-order valence-electron chi connectivity index (χ2n) is 5.07. The molecule has 0 unspecified atom stereocenters. The minimum Gasteiger partial charge on any atom is -0.505 e. The third-order valence-electron chi connectivity index (χ3n) is 3.07. The number of Topliss-reactive ketones (excluding diaryl/α,β-unsaturated/α-hetero) is 2. The Kier molecular flexibility index (Phi) is 5.89. The van der Waals surface area contributed by atoms with Crippen molar-refractivity contribution in [1.29, 1.82) is 0 Å². The summed E-state index contributed by atoms with van der Waals surface area (Å²) in [5.74, 6) is -2.21. The number of benzene rings is 1. The van der Waals surface area contributed by atoms with Crippen molar-refractivity contribution in [2.75, 3.05) is 26.5 Å². The van der Waals surface area contributed by atoms with Gasteiger partial charge in [-0.25, -0.2) is 0 Å². The number of carbonyl (C=O) groups is 3. The van der Waals surface area contributed by atoms with Crippen LogP contribution in [0, 0.1) is 0 Å². The van der Waals surface area contributed by atoms with E-state index < -0.39 is 11.6 Å². The topological polar surface area (TPSA) is 95.9 Å². The van der Waals surface area contributed by atoms with Crippen molar-refractivity contribution in [3.05, 3.63) is 35.2 Å². The Morgan fingerprint density at radius 2 is 1.78 bits per heavy atom. The van der Waals surface area contributed by atoms with Gasteiger partial charge >= 0.3 is 0 Å². The lowest BCUT2D eigenvalue weighted by molar-refractivity contribution is -0.134. The fourth-order valence-electron chi connectivity index (χ4n) is 1.89. The number of ketones is 2. The van der Waals surface area contributed by atoms with E-state index in [-0.39, 0.29) is 34.4 Å². The molecule has 0 fully saturated rings. The second-order valence-corrected chi connectivity index (χ2v) is 5.07. The standard InChI is InChI=1S/C16H20N2O5/c1-9(15(23-5)13(20)10(2)19)17-12-8-6-7-11(14(12)21)16(22)18(3)4/h6-8,17,21H,1-5H3/b15-9-. The fraction of sp³-hybridized carbons (Fsp3) is 0.312. The number of ether oxygens (including phenoxy) is 1. The Morgan fingerprint density at radius 1 is 1.17 bits per heavy atom. The largest absolute Gasteiger partial charge is 0.505 e. The lowest BCUT2D eigenvalue weighted by Crippen LogP contribution is -2.22. The molecule has 0 saturated heterocycles. The van der Waals surface area contributed by atoms with Crippen LogP contribution in [0.4, 0.5) is 5.69 Å². The number of amides is 1. The van der Waals surface area contributed by atoms with Crippen LogP contribution in [0.25, 0.3) is 0 Å². The number of phenols is 1. The van der Waals surface area contributed by atoms with Crippen LogP contribution in [0.1, 0.15) is 24.2 Å². The summed E-state index contributed by atoms with van der Waals surface area (Å²) in [6.07, 6.45) is 0. The average Bonchev–Trinajstić information content (AvgIpc) is 2.49. The van der Waals surface area contributed by atoms with E-state index in [9.17, 15) is 19.5 Å². The van der Waals surface area contributed by atoms with Crippen molar-refractivity contribution < 1.29 is 24.2 Å². The van der Waals surface area contributed by atoms with Crippen LogP contribution in [0.2, 0.25) is 0 Å². The predicted octanol–water partition coefficient (Wildman–Crippen LogP) is 1.54. The molecule has 0 aromatic heterocycles. The highest BCUT2D eigenvalue weighted by atomic mass is 16.5. The van der Waals surface area contributed by atoms with E-state index in [4.69, 9.17) is 4.74 Å². The number of phenolic OH excluding ortho intramolecular Hbond substituents is 1. The zero-order chi connectivity index (χ0) is 17.7. The number of anilines is 1. The van der Waals surface area contributed by atoms with Gasteiger partial charge in [0.25, 0.3) is 11.7 Å². The van der Waals surface area contributed by atoms with Gasteiger partial charge in [0.15, 0.2) is 11.5 Å². The van der Waals surface area contributed by atoms with Crippen LogP contribution in [-0.4, -0.2) is 48.7 Å². The number of allylic oxidation sites excluding steroid dienone is 2. The fourth-order valence-corrected chi connectivity index (χ4v) is 1.89. The Hall–Kier alpha value is -2.83. The lowest BCUT2D eigenvalue weighted by Gasteiger charge is -2.16. The summed E-state index contributed by atoms with van der Waals surface area (Å²) in [7, 11) is 4.41. The summed E-state index contributed by atoms with van der Waals surface area (Å²) in [6.45, 7) is 2.67. The molecule has 0 aliphatic rings. The summed E-state index contributed by atoms with van der Waals surface area (Å²) < 4.78 is 4.95. The SMILES string of the molecule is CO/C(C(=O)C(C)=O)=C(/C)Nc1cccc(C(=O)N(C)C)c1O. The molecule has 0 heterocycles. The van der Waals surface area contributed by atoms with Gasteiger partial charge in [0.05, 0.1) is 24.1 Å². The van der Waals surface area contributed by atoms with Gasteiger partial charge in [-0.3, -0.25) is 14.4 Å². The molecule has 0 saturated carbocycles. The number of hydrogen-bond donors (Lipinski definition) is 2. The van der Waals surface area contributed by atoms with E-state index in [2.05, 4.69) is 5.32 Å². The number of para-hydroxylation sites is 1. The molecule has 7 nitrogen and oxygen atoms in total. The van der Waals surface area contributed by atoms with Gasteiger partial charge in [-0.1, -0.05) is 6.07 Å². The van der Waals surface area contributed by atoms with Crippen LogP contribution in [0.5, 0.6) is 5.75 Å². The van der Waals surface area contributed by atoms with Crippen molar-refractivity contribution in [1.82, 2.24) is 4.90 Å². The van der Waals surface area contributed by atoms with Crippen LogP contribution >= 0.6 is 0 Å². The molecule has 0 bridgehead atoms. The molecule has 1 aromatic carbocycles. The summed E-state index contributed by atoms with van der Waals surface area (Å²) in [5.41, 5.74) is 0.586. The molecule has 0 spiro atoms. The van der Waals surface area contributed by atoms with Gasteiger partial charge in [-0.05, 0) is 19.1 Å². The summed E-state index contributed by atoms with van der Waals surface area (Å²) in [5, 5.41) is 13.0. The molecule has 23 heavy (non-hydrogen) atoms. The molecule has 1 rings (SSSR count). The van der Waals surface area contributed by atoms with E-state index in [1.807, 2.05) is 0 Å². The van der Waals surface area contributed by atoms with E-state index in [0.29, 0.717) is 0 Å². The molecule has 0 atom stereocenters. The maximum Gasteiger partial charge on any atom is 0.264 e. The first-order valence-corrected chi connectivity index (χ1v) is 6.81. The molecule has 124 valence electrons. The normalized spacial score (nSPS) is 11.3. The summed E-state index contributed by atoms with van der Waals surface area (Å²) in [4.78, 5) is 36.3. The van der Waals surface area contributed by atoms with E-state index in [0.717, 1.165) is 6.92 Å². The Bertz CT molecular complexity index is 677. The molecule has 1 aromatic rings. The van der Waals surface area contributed by atoms with Gasteiger partial charge in [0.2, 0.25) is 5.78 Å². The van der Waals surface area contributed by atoms with Gasteiger partial charge < -0.3 is 20.1 Å². The highest BCUT2D eigenvalue weighted by molar-refractivity contribution is 6.42.